The molecule has 0 radical (unpaired) electrons. The summed E-state index contributed by atoms with van der Waals surface area (Å²) in [6, 6.07) is 0. The highest BCUT2D eigenvalue weighted by atomic mass is 16.5. The van der Waals surface area contributed by atoms with E-state index < -0.39 is 0 Å². The summed E-state index contributed by atoms with van der Waals surface area (Å²) in [5, 5.41) is 0. The molecule has 21 heavy (non-hydrogen) atoms. The lowest BCUT2D eigenvalue weighted by Crippen LogP contribution is -2.41. The minimum atomic E-state index is 0.0913. The Morgan fingerprint density at radius 3 is 2.05 bits per heavy atom. The van der Waals surface area contributed by atoms with Gasteiger partial charge >= 0.3 is 0 Å². The molecule has 2 rings (SSSR count). The van der Waals surface area contributed by atoms with Crippen LogP contribution in [-0.2, 0) is 4.74 Å². The van der Waals surface area contributed by atoms with Crippen molar-refractivity contribution < 1.29 is 4.74 Å². The van der Waals surface area contributed by atoms with E-state index in [-0.39, 0.29) is 5.60 Å². The van der Waals surface area contributed by atoms with Crippen LogP contribution in [0.1, 0.15) is 92.4 Å². The summed E-state index contributed by atoms with van der Waals surface area (Å²) < 4.78 is 6.62. The third kappa shape index (κ3) is 4.71. The van der Waals surface area contributed by atoms with Crippen molar-refractivity contribution >= 4 is 0 Å². The van der Waals surface area contributed by atoms with Crippen molar-refractivity contribution in [2.75, 3.05) is 0 Å². The van der Waals surface area contributed by atoms with Crippen LogP contribution in [-0.4, -0.2) is 11.7 Å². The molecular weight excluding hydrogens is 256 g/mol. The van der Waals surface area contributed by atoms with E-state index in [1.54, 1.807) is 0 Å². The first-order valence-corrected chi connectivity index (χ1v) is 9.60. The van der Waals surface area contributed by atoms with Gasteiger partial charge in [0.25, 0.3) is 0 Å². The first-order valence-electron chi connectivity index (χ1n) is 9.60. The van der Waals surface area contributed by atoms with Gasteiger partial charge in [-0.3, -0.25) is 0 Å². The van der Waals surface area contributed by atoms with Crippen LogP contribution in [0, 0.1) is 23.7 Å². The van der Waals surface area contributed by atoms with Crippen molar-refractivity contribution in [1.82, 2.24) is 0 Å². The normalized spacial score (nSPS) is 36.4. The molecule has 2 fully saturated rings. The Hall–Kier alpha value is -0.0400. The molecule has 0 heterocycles. The zero-order valence-electron chi connectivity index (χ0n) is 15.2. The number of hydrogen-bond acceptors (Lipinski definition) is 1. The van der Waals surface area contributed by atoms with Crippen LogP contribution in [0.25, 0.3) is 0 Å². The third-order valence-electron chi connectivity index (χ3n) is 6.64. The molecule has 1 unspecified atom stereocenters. The Morgan fingerprint density at radius 2 is 1.52 bits per heavy atom. The average Bonchev–Trinajstić information content (AvgIpc) is 2.47. The molecule has 0 aromatic heterocycles. The zero-order valence-corrected chi connectivity index (χ0v) is 15.2. The smallest absolute Gasteiger partial charge is 0.0658 e. The van der Waals surface area contributed by atoms with Crippen molar-refractivity contribution in [2.24, 2.45) is 23.7 Å². The lowest BCUT2D eigenvalue weighted by atomic mass is 9.74. The van der Waals surface area contributed by atoms with Crippen LogP contribution < -0.4 is 0 Å². The lowest BCUT2D eigenvalue weighted by Gasteiger charge is -2.42. The Morgan fingerprint density at radius 1 is 0.952 bits per heavy atom. The second kappa shape index (κ2) is 7.49. The van der Waals surface area contributed by atoms with Gasteiger partial charge in [0.05, 0.1) is 11.7 Å². The van der Waals surface area contributed by atoms with E-state index in [9.17, 15) is 0 Å². The van der Waals surface area contributed by atoms with E-state index in [1.807, 2.05) is 0 Å². The molecule has 1 heteroatoms. The molecule has 0 N–H and O–H groups in total. The van der Waals surface area contributed by atoms with E-state index in [0.29, 0.717) is 6.10 Å². The van der Waals surface area contributed by atoms with Crippen LogP contribution in [0.2, 0.25) is 0 Å². The highest BCUT2D eigenvalue weighted by Crippen LogP contribution is 2.40. The molecule has 2 aliphatic rings. The topological polar surface area (TPSA) is 9.23 Å². The van der Waals surface area contributed by atoms with Gasteiger partial charge in [-0.2, -0.15) is 0 Å². The van der Waals surface area contributed by atoms with Gasteiger partial charge in [0.15, 0.2) is 0 Å². The maximum atomic E-state index is 6.62. The standard InChI is InChI=1S/C20H38O/c1-6-16(3)17-9-13-19(14-10-17)21-20(4,5)18-11-7-15(2)8-12-18/h15-19H,6-14H2,1-5H3. The Labute approximate surface area is 133 Å². The molecule has 2 aliphatic carbocycles. The quantitative estimate of drug-likeness (QED) is 0.585. The zero-order chi connectivity index (χ0) is 15.5. The van der Waals surface area contributed by atoms with E-state index in [2.05, 4.69) is 34.6 Å². The van der Waals surface area contributed by atoms with Crippen LogP contribution in [0.3, 0.4) is 0 Å². The van der Waals surface area contributed by atoms with Gasteiger partial charge in [-0.1, -0.05) is 40.0 Å². The molecule has 2 saturated carbocycles. The summed E-state index contributed by atoms with van der Waals surface area (Å²) in [6.45, 7) is 11.9. The molecule has 0 bridgehead atoms. The Balaban J connectivity index is 1.79. The monoisotopic (exact) mass is 294 g/mol. The summed E-state index contributed by atoms with van der Waals surface area (Å²) in [5.74, 6) is 3.57. The van der Waals surface area contributed by atoms with Crippen LogP contribution in [0.4, 0.5) is 0 Å². The summed E-state index contributed by atoms with van der Waals surface area (Å²) in [7, 11) is 0. The van der Waals surface area contributed by atoms with Crippen molar-refractivity contribution in [3.63, 3.8) is 0 Å². The van der Waals surface area contributed by atoms with Crippen molar-refractivity contribution in [3.05, 3.63) is 0 Å². The molecular formula is C20H38O. The van der Waals surface area contributed by atoms with E-state index in [0.717, 1.165) is 23.7 Å². The molecule has 0 amide bonds. The summed E-state index contributed by atoms with van der Waals surface area (Å²) in [4.78, 5) is 0. The highest BCUT2D eigenvalue weighted by Gasteiger charge is 2.36. The number of ether oxygens (including phenoxy) is 1. The molecule has 1 atom stereocenters. The Kier molecular flexibility index (Phi) is 6.17. The molecule has 0 spiro atoms. The molecule has 0 saturated heterocycles. The van der Waals surface area contributed by atoms with Gasteiger partial charge in [-0.15, -0.1) is 0 Å². The number of hydrogen-bond donors (Lipinski definition) is 0. The van der Waals surface area contributed by atoms with E-state index in [1.165, 1.54) is 57.8 Å². The second-order valence-corrected chi connectivity index (χ2v) is 8.60. The molecule has 124 valence electrons. The van der Waals surface area contributed by atoms with Gasteiger partial charge in [-0.25, -0.2) is 0 Å². The summed E-state index contributed by atoms with van der Waals surface area (Å²) in [5.41, 5.74) is 0.0913. The van der Waals surface area contributed by atoms with Crippen LogP contribution in [0.15, 0.2) is 0 Å². The van der Waals surface area contributed by atoms with Crippen molar-refractivity contribution in [3.8, 4) is 0 Å². The lowest BCUT2D eigenvalue weighted by molar-refractivity contribution is -0.128. The summed E-state index contributed by atoms with van der Waals surface area (Å²) in [6.07, 6.45) is 12.8. The SMILES string of the molecule is CCC(C)C1CCC(OC(C)(C)C2CCC(C)CC2)CC1. The second-order valence-electron chi connectivity index (χ2n) is 8.60. The molecule has 0 aliphatic heterocycles. The van der Waals surface area contributed by atoms with Gasteiger partial charge < -0.3 is 4.74 Å². The van der Waals surface area contributed by atoms with Gasteiger partial charge in [0, 0.05) is 0 Å². The van der Waals surface area contributed by atoms with E-state index >= 15 is 0 Å². The molecule has 0 aromatic rings. The van der Waals surface area contributed by atoms with Crippen molar-refractivity contribution in [2.45, 2.75) is 104 Å². The summed E-state index contributed by atoms with van der Waals surface area (Å²) >= 11 is 0. The minimum Gasteiger partial charge on any atom is -0.372 e. The molecule has 1 nitrogen and oxygen atoms in total. The van der Waals surface area contributed by atoms with Gasteiger partial charge in [0.2, 0.25) is 0 Å². The fourth-order valence-corrected chi connectivity index (χ4v) is 4.59. The predicted octanol–water partition coefficient (Wildman–Crippen LogP) is 6.21. The van der Waals surface area contributed by atoms with Gasteiger partial charge in [0.1, 0.15) is 0 Å². The Bertz CT molecular complexity index is 293. The maximum Gasteiger partial charge on any atom is 0.0658 e. The highest BCUT2D eigenvalue weighted by molar-refractivity contribution is 4.86. The van der Waals surface area contributed by atoms with E-state index in [4.69, 9.17) is 4.74 Å². The number of rotatable bonds is 5. The molecule has 0 aromatic carbocycles. The largest absolute Gasteiger partial charge is 0.372 e. The van der Waals surface area contributed by atoms with Gasteiger partial charge in [-0.05, 0) is 76.0 Å². The van der Waals surface area contributed by atoms with Crippen LogP contribution in [0.5, 0.6) is 0 Å². The fourth-order valence-electron chi connectivity index (χ4n) is 4.59. The van der Waals surface area contributed by atoms with Crippen molar-refractivity contribution in [1.29, 1.82) is 0 Å². The maximum absolute atomic E-state index is 6.62. The predicted molar refractivity (Wildman–Crippen MR) is 91.5 cm³/mol. The first kappa shape index (κ1) is 17.3. The first-order chi connectivity index (χ1) is 9.92. The van der Waals surface area contributed by atoms with Crippen LogP contribution >= 0.6 is 0 Å². The third-order valence-corrected chi connectivity index (χ3v) is 6.64. The fraction of sp³-hybridized carbons (Fsp3) is 1.00. The minimum absolute atomic E-state index is 0.0913. The average molecular weight is 295 g/mol.